The van der Waals surface area contributed by atoms with Crippen LogP contribution in [0.4, 0.5) is 14.5 Å². The van der Waals surface area contributed by atoms with Crippen molar-refractivity contribution in [3.8, 4) is 0 Å². The smallest absolute Gasteiger partial charge is 0.343 e. The van der Waals surface area contributed by atoms with Crippen molar-refractivity contribution in [2.75, 3.05) is 37.7 Å². The van der Waals surface area contributed by atoms with Gasteiger partial charge in [-0.2, -0.15) is 5.06 Å². The van der Waals surface area contributed by atoms with Gasteiger partial charge in [0.05, 0.1) is 12.0 Å². The summed E-state index contributed by atoms with van der Waals surface area (Å²) in [5.41, 5.74) is -0.913. The number of ether oxygens (including phenoxy) is 1. The third-order valence-corrected chi connectivity index (χ3v) is 5.17. The minimum Gasteiger partial charge on any atom is -0.462 e. The van der Waals surface area contributed by atoms with Gasteiger partial charge < -0.3 is 19.4 Å². The van der Waals surface area contributed by atoms with Crippen molar-refractivity contribution >= 4 is 33.6 Å². The molecule has 0 radical (unpaired) electrons. The van der Waals surface area contributed by atoms with Gasteiger partial charge in [-0.3, -0.25) is 4.79 Å². The number of rotatable bonds is 3. The van der Waals surface area contributed by atoms with Crippen LogP contribution in [-0.4, -0.2) is 58.6 Å². The molecule has 1 saturated heterocycles. The molecular weight excluding hydrogens is 398 g/mol. The molecule has 8 nitrogen and oxygen atoms in total. The topological polar surface area (TPSA) is 87.9 Å². The first-order valence-electron chi connectivity index (χ1n) is 9.49. The Hall–Kier alpha value is -3.11. The van der Waals surface area contributed by atoms with Crippen LogP contribution in [0.3, 0.4) is 0 Å². The molecule has 3 heterocycles. The Balaban J connectivity index is 1.92. The maximum atomic E-state index is 15.3. The fraction of sp³-hybridized carbons (Fsp3) is 0.350. The normalized spacial score (nSPS) is 15.2. The number of hydroxylamine groups is 2. The van der Waals surface area contributed by atoms with Gasteiger partial charge in [0.25, 0.3) is 0 Å². The lowest BCUT2D eigenvalue weighted by Crippen LogP contribution is -2.45. The van der Waals surface area contributed by atoms with Gasteiger partial charge in [0, 0.05) is 44.8 Å². The minimum absolute atomic E-state index is 0.0657. The molecule has 3 aromatic rings. The van der Waals surface area contributed by atoms with Crippen LogP contribution < -0.4 is 10.3 Å². The molecule has 1 aliphatic heterocycles. The maximum Gasteiger partial charge on any atom is 0.343 e. The number of hydrogen-bond acceptors (Lipinski definition) is 7. The first kappa shape index (κ1) is 20.2. The first-order chi connectivity index (χ1) is 14.3. The summed E-state index contributed by atoms with van der Waals surface area (Å²) < 4.78 is 36.5. The summed E-state index contributed by atoms with van der Waals surface area (Å²) in [6.45, 7) is 2.76. The molecule has 0 amide bonds. The highest BCUT2D eigenvalue weighted by atomic mass is 19.1. The zero-order chi connectivity index (χ0) is 21.6. The van der Waals surface area contributed by atoms with Crippen molar-refractivity contribution in [2.45, 2.75) is 6.92 Å². The molecule has 10 heteroatoms. The third-order valence-electron chi connectivity index (χ3n) is 5.17. The average molecular weight is 418 g/mol. The van der Waals surface area contributed by atoms with Gasteiger partial charge in [-0.15, -0.1) is 0 Å². The second-order valence-corrected chi connectivity index (χ2v) is 7.10. The number of pyridine rings is 2. The monoisotopic (exact) mass is 418 g/mol. The largest absolute Gasteiger partial charge is 0.462 e. The molecular formula is C20H20F2N4O4. The number of piperazine rings is 1. The van der Waals surface area contributed by atoms with E-state index in [1.54, 1.807) is 14.0 Å². The number of hydrogen-bond donors (Lipinski definition) is 1. The SMILES string of the molecule is CCOC(=O)c1cn(C)c2nc3c(F)c(N4CCN(O)CC4)c(F)cc3cc2c1=O. The van der Waals surface area contributed by atoms with Crippen molar-refractivity contribution in [3.05, 3.63) is 45.8 Å². The fourth-order valence-electron chi connectivity index (χ4n) is 3.68. The molecule has 0 aliphatic carbocycles. The van der Waals surface area contributed by atoms with E-state index in [2.05, 4.69) is 4.98 Å². The molecule has 0 unspecified atom stereocenters. The van der Waals surface area contributed by atoms with Gasteiger partial charge in [-0.1, -0.05) is 0 Å². The van der Waals surface area contributed by atoms with Crippen LogP contribution in [0.25, 0.3) is 21.9 Å². The zero-order valence-electron chi connectivity index (χ0n) is 16.5. The maximum absolute atomic E-state index is 15.3. The third kappa shape index (κ3) is 3.27. The van der Waals surface area contributed by atoms with E-state index in [-0.39, 0.29) is 66.0 Å². The van der Waals surface area contributed by atoms with Crippen molar-refractivity contribution in [2.24, 2.45) is 7.05 Å². The summed E-state index contributed by atoms with van der Waals surface area (Å²) in [5, 5.41) is 10.8. The van der Waals surface area contributed by atoms with Crippen molar-refractivity contribution in [1.82, 2.24) is 14.6 Å². The van der Waals surface area contributed by atoms with E-state index in [9.17, 15) is 19.2 Å². The number of halogens is 2. The fourth-order valence-corrected chi connectivity index (χ4v) is 3.68. The Kier molecular flexibility index (Phi) is 5.12. The molecule has 0 bridgehead atoms. The zero-order valence-corrected chi connectivity index (χ0v) is 16.5. The van der Waals surface area contributed by atoms with Gasteiger partial charge >= 0.3 is 5.97 Å². The average Bonchev–Trinajstić information content (AvgIpc) is 2.71. The summed E-state index contributed by atoms with van der Waals surface area (Å²) in [4.78, 5) is 30.6. The van der Waals surface area contributed by atoms with Gasteiger partial charge in [-0.05, 0) is 19.1 Å². The predicted octanol–water partition coefficient (Wildman–Crippen LogP) is 2.05. The highest BCUT2D eigenvalue weighted by Crippen LogP contribution is 2.31. The number of nitrogens with zero attached hydrogens (tertiary/aromatic N) is 4. The van der Waals surface area contributed by atoms with E-state index >= 15 is 4.39 Å². The molecule has 30 heavy (non-hydrogen) atoms. The predicted molar refractivity (Wildman–Crippen MR) is 106 cm³/mol. The standard InChI is InChI=1S/C20H20F2N4O4/c1-3-30-20(28)13-10-24(2)19-12(18(13)27)8-11-9-14(21)17(15(22)16(11)23-19)25-4-6-26(29)7-5-25/h8-10,29H,3-7H2,1-2H3. The molecule has 1 aliphatic rings. The second-order valence-electron chi connectivity index (χ2n) is 7.10. The number of anilines is 1. The van der Waals surface area contributed by atoms with Gasteiger partial charge in [-0.25, -0.2) is 18.6 Å². The minimum atomic E-state index is -0.833. The van der Waals surface area contributed by atoms with E-state index < -0.39 is 23.0 Å². The number of benzene rings is 1. The van der Waals surface area contributed by atoms with Crippen LogP contribution in [0.15, 0.2) is 23.1 Å². The highest BCUT2D eigenvalue weighted by molar-refractivity contribution is 5.97. The summed E-state index contributed by atoms with van der Waals surface area (Å²) >= 11 is 0. The number of fused-ring (bicyclic) bond motifs is 2. The van der Waals surface area contributed by atoms with E-state index in [1.165, 1.54) is 21.7 Å². The van der Waals surface area contributed by atoms with Crippen LogP contribution in [0.5, 0.6) is 0 Å². The Labute approximate surface area is 169 Å². The Morgan fingerprint density at radius 2 is 1.93 bits per heavy atom. The summed E-state index contributed by atoms with van der Waals surface area (Å²) in [6, 6.07) is 2.46. The second kappa shape index (κ2) is 7.62. The van der Waals surface area contributed by atoms with Crippen LogP contribution in [-0.2, 0) is 11.8 Å². The molecule has 2 aromatic heterocycles. The van der Waals surface area contributed by atoms with Crippen LogP contribution in [0.1, 0.15) is 17.3 Å². The molecule has 0 atom stereocenters. The van der Waals surface area contributed by atoms with Crippen LogP contribution in [0, 0.1) is 11.6 Å². The van der Waals surface area contributed by atoms with E-state index in [0.29, 0.717) is 0 Å². The number of carbonyl (C=O) groups excluding carboxylic acids is 1. The first-order valence-corrected chi connectivity index (χ1v) is 9.49. The van der Waals surface area contributed by atoms with Crippen LogP contribution >= 0.6 is 0 Å². The van der Waals surface area contributed by atoms with Crippen LogP contribution in [0.2, 0.25) is 0 Å². The van der Waals surface area contributed by atoms with Crippen molar-refractivity contribution in [1.29, 1.82) is 0 Å². The van der Waals surface area contributed by atoms with Gasteiger partial charge in [0.1, 0.15) is 28.2 Å². The summed E-state index contributed by atoms with van der Waals surface area (Å²) in [5.74, 6) is -2.39. The summed E-state index contributed by atoms with van der Waals surface area (Å²) in [7, 11) is 1.58. The number of aromatic nitrogens is 2. The quantitative estimate of drug-likeness (QED) is 0.515. The molecule has 1 aromatic carbocycles. The summed E-state index contributed by atoms with van der Waals surface area (Å²) in [6.07, 6.45) is 1.30. The van der Waals surface area contributed by atoms with Gasteiger partial charge in [0.2, 0.25) is 5.43 Å². The van der Waals surface area contributed by atoms with Gasteiger partial charge in [0.15, 0.2) is 5.82 Å². The van der Waals surface area contributed by atoms with Crippen molar-refractivity contribution < 1.29 is 23.5 Å². The molecule has 0 spiro atoms. The lowest BCUT2D eigenvalue weighted by atomic mass is 10.1. The van der Waals surface area contributed by atoms with Crippen molar-refractivity contribution in [3.63, 3.8) is 0 Å². The van der Waals surface area contributed by atoms with E-state index in [4.69, 9.17) is 4.74 Å². The van der Waals surface area contributed by atoms with E-state index in [1.807, 2.05) is 0 Å². The Bertz CT molecular complexity index is 1220. The lowest BCUT2D eigenvalue weighted by molar-refractivity contribution is -0.0936. The molecule has 0 saturated carbocycles. The molecule has 1 fully saturated rings. The Morgan fingerprint density at radius 1 is 1.23 bits per heavy atom. The molecule has 4 rings (SSSR count). The molecule has 1 N–H and O–H groups in total. The van der Waals surface area contributed by atoms with E-state index in [0.717, 1.165) is 11.1 Å². The number of aryl methyl sites for hydroxylation is 1. The highest BCUT2D eigenvalue weighted by Gasteiger charge is 2.25. The molecule has 158 valence electrons. The lowest BCUT2D eigenvalue weighted by Gasteiger charge is -2.33. The number of carbonyl (C=O) groups is 1. The Morgan fingerprint density at radius 3 is 2.60 bits per heavy atom. The number of esters is 1.